The first-order valence-electron chi connectivity index (χ1n) is 10.3. The Kier molecular flexibility index (Phi) is 6.28. The third kappa shape index (κ3) is 4.86. The van der Waals surface area contributed by atoms with Crippen molar-refractivity contribution in [2.45, 2.75) is 33.0 Å². The molecular weight excluding hydrogens is 388 g/mol. The van der Waals surface area contributed by atoms with Gasteiger partial charge in [0, 0.05) is 16.5 Å². The van der Waals surface area contributed by atoms with E-state index in [4.69, 9.17) is 16.0 Å². The van der Waals surface area contributed by atoms with E-state index in [1.165, 1.54) is 5.56 Å². The Hall–Kier alpha value is -2.22. The molecule has 1 aromatic carbocycles. The van der Waals surface area contributed by atoms with Gasteiger partial charge < -0.3 is 14.2 Å². The Bertz CT molecular complexity index is 884. The quantitative estimate of drug-likeness (QED) is 0.593. The lowest BCUT2D eigenvalue weighted by atomic mass is 10.0. The Morgan fingerprint density at radius 1 is 1.10 bits per heavy atom. The average molecular weight is 417 g/mol. The summed E-state index contributed by atoms with van der Waals surface area (Å²) in [5, 5.41) is 13.4. The molecule has 154 valence electrons. The van der Waals surface area contributed by atoms with Crippen molar-refractivity contribution in [3.05, 3.63) is 64.8 Å². The summed E-state index contributed by atoms with van der Waals surface area (Å²) in [4.78, 5) is 3.18. The molecule has 7 nitrogen and oxygen atoms in total. The summed E-state index contributed by atoms with van der Waals surface area (Å²) in [5.74, 6) is 2.27. The molecule has 0 unspecified atom stereocenters. The van der Waals surface area contributed by atoms with Crippen molar-refractivity contribution in [1.82, 2.24) is 20.2 Å². The van der Waals surface area contributed by atoms with Crippen LogP contribution in [0.25, 0.3) is 0 Å². The molecule has 29 heavy (non-hydrogen) atoms. The molecule has 2 aromatic heterocycles. The Balaban J connectivity index is 1.41. The van der Waals surface area contributed by atoms with Crippen LogP contribution in [0.3, 0.4) is 0 Å². The molecule has 8 heteroatoms. The number of hydrogen-bond donors (Lipinski definition) is 2. The topological polar surface area (TPSA) is 65.6 Å². The number of furan rings is 1. The molecule has 3 heterocycles. The van der Waals surface area contributed by atoms with Gasteiger partial charge in [-0.05, 0) is 34.7 Å². The van der Waals surface area contributed by atoms with Gasteiger partial charge in [0.1, 0.15) is 45.0 Å². The number of nitrogens with zero attached hydrogens (tertiary/aromatic N) is 4. The maximum atomic E-state index is 6.01. The molecule has 0 bridgehead atoms. The van der Waals surface area contributed by atoms with Crippen molar-refractivity contribution in [2.75, 3.05) is 26.2 Å². The van der Waals surface area contributed by atoms with Crippen LogP contribution >= 0.6 is 11.6 Å². The maximum Gasteiger partial charge on any atom is 0.210 e. The number of aromatic nitrogens is 4. The van der Waals surface area contributed by atoms with Crippen molar-refractivity contribution in [2.24, 2.45) is 5.92 Å². The third-order valence-corrected chi connectivity index (χ3v) is 6.05. The van der Waals surface area contributed by atoms with Gasteiger partial charge in [-0.3, -0.25) is 0 Å². The highest BCUT2D eigenvalue weighted by Gasteiger charge is 2.36. The van der Waals surface area contributed by atoms with Crippen molar-refractivity contribution in [1.29, 1.82) is 0 Å². The van der Waals surface area contributed by atoms with Gasteiger partial charge in [-0.25, -0.2) is 4.68 Å². The van der Waals surface area contributed by atoms with Crippen LogP contribution in [0.4, 0.5) is 0 Å². The zero-order valence-electron chi connectivity index (χ0n) is 17.0. The van der Waals surface area contributed by atoms with Crippen LogP contribution in [0, 0.1) is 5.92 Å². The van der Waals surface area contributed by atoms with Gasteiger partial charge in [0.05, 0.1) is 6.26 Å². The highest BCUT2D eigenvalue weighted by molar-refractivity contribution is 6.30. The van der Waals surface area contributed by atoms with E-state index in [2.05, 4.69) is 41.5 Å². The fourth-order valence-corrected chi connectivity index (χ4v) is 4.48. The van der Waals surface area contributed by atoms with Gasteiger partial charge in [0.2, 0.25) is 5.82 Å². The van der Waals surface area contributed by atoms with Crippen LogP contribution < -0.4 is 9.80 Å². The molecule has 0 radical (unpaired) electrons. The lowest BCUT2D eigenvalue weighted by Gasteiger charge is -2.35. The second kappa shape index (κ2) is 9.07. The Morgan fingerprint density at radius 2 is 1.86 bits per heavy atom. The van der Waals surface area contributed by atoms with Crippen LogP contribution in [-0.2, 0) is 13.1 Å². The molecule has 4 rings (SSSR count). The zero-order valence-corrected chi connectivity index (χ0v) is 17.8. The van der Waals surface area contributed by atoms with Crippen molar-refractivity contribution < 1.29 is 14.2 Å². The van der Waals surface area contributed by atoms with E-state index in [1.54, 1.807) is 16.1 Å². The molecule has 0 aliphatic carbocycles. The van der Waals surface area contributed by atoms with E-state index >= 15 is 0 Å². The summed E-state index contributed by atoms with van der Waals surface area (Å²) >= 11 is 6.01. The predicted octanol–water partition coefficient (Wildman–Crippen LogP) is 0.649. The molecule has 0 saturated carbocycles. The highest BCUT2D eigenvalue weighted by Crippen LogP contribution is 2.17. The average Bonchev–Trinajstić information content (AvgIpc) is 3.38. The predicted molar refractivity (Wildman–Crippen MR) is 110 cm³/mol. The van der Waals surface area contributed by atoms with Crippen LogP contribution in [-0.4, -0.2) is 46.4 Å². The Morgan fingerprint density at radius 3 is 2.52 bits per heavy atom. The highest BCUT2D eigenvalue weighted by atomic mass is 35.5. The summed E-state index contributed by atoms with van der Waals surface area (Å²) in [5.41, 5.74) is 1.34. The van der Waals surface area contributed by atoms with Crippen molar-refractivity contribution in [3.8, 4) is 0 Å². The molecule has 1 atom stereocenters. The van der Waals surface area contributed by atoms with Crippen LogP contribution in [0.2, 0.25) is 5.02 Å². The van der Waals surface area contributed by atoms with E-state index in [0.29, 0.717) is 12.5 Å². The summed E-state index contributed by atoms with van der Waals surface area (Å²) < 4.78 is 7.38. The molecule has 0 amide bonds. The molecule has 1 fully saturated rings. The second-order valence-corrected chi connectivity index (χ2v) is 8.64. The number of piperazine rings is 1. The summed E-state index contributed by atoms with van der Waals surface area (Å²) in [7, 11) is 0. The minimum absolute atomic E-state index is 0.275. The minimum atomic E-state index is 0.275. The van der Waals surface area contributed by atoms with Gasteiger partial charge in [-0.2, -0.15) is 0 Å². The van der Waals surface area contributed by atoms with Gasteiger partial charge >= 0.3 is 0 Å². The van der Waals surface area contributed by atoms with E-state index in [1.807, 2.05) is 28.9 Å². The van der Waals surface area contributed by atoms with Crippen molar-refractivity contribution in [3.63, 3.8) is 0 Å². The molecule has 1 saturated heterocycles. The molecular formula is C21H29ClN6O+2. The largest absolute Gasteiger partial charge is 0.467 e. The van der Waals surface area contributed by atoms with E-state index in [0.717, 1.165) is 49.3 Å². The fraction of sp³-hybridized carbons (Fsp3) is 0.476. The molecule has 3 aromatic rings. The van der Waals surface area contributed by atoms with Gasteiger partial charge in [-0.15, -0.1) is 5.10 Å². The van der Waals surface area contributed by atoms with Crippen LogP contribution in [0.1, 0.15) is 37.0 Å². The number of hydrogen-bond acceptors (Lipinski definition) is 4. The molecule has 2 N–H and O–H groups in total. The number of benzene rings is 1. The zero-order chi connectivity index (χ0) is 20.2. The first kappa shape index (κ1) is 20.1. The summed E-state index contributed by atoms with van der Waals surface area (Å²) in [6.45, 7) is 10.6. The molecule has 1 aliphatic rings. The second-order valence-electron chi connectivity index (χ2n) is 8.21. The fourth-order valence-electron chi connectivity index (χ4n) is 4.35. The van der Waals surface area contributed by atoms with E-state index in [9.17, 15) is 0 Å². The standard InChI is InChI=1S/C21H27ClN6O/c1-16(2)20(21-23-24-25-28(21)15-19-4-3-13-29-19)27-11-9-26(10-12-27)14-17-5-7-18(22)8-6-17/h3-8,13,16,20H,9-12,14-15H2,1-2H3/p+2/t20-/m1/s1. The first-order chi connectivity index (χ1) is 14.1. The van der Waals surface area contributed by atoms with E-state index < -0.39 is 0 Å². The monoisotopic (exact) mass is 416 g/mol. The number of halogens is 1. The van der Waals surface area contributed by atoms with Gasteiger partial charge in [-0.1, -0.05) is 37.6 Å². The minimum Gasteiger partial charge on any atom is -0.467 e. The Labute approximate surface area is 176 Å². The van der Waals surface area contributed by atoms with Crippen LogP contribution in [0.15, 0.2) is 47.1 Å². The number of quaternary nitrogens is 2. The lowest BCUT2D eigenvalue weighted by molar-refractivity contribution is -1.03. The molecule has 1 aliphatic heterocycles. The number of rotatable bonds is 7. The number of tetrazole rings is 1. The first-order valence-corrected chi connectivity index (χ1v) is 10.7. The lowest BCUT2D eigenvalue weighted by Crippen LogP contribution is -3.27. The summed E-state index contributed by atoms with van der Waals surface area (Å²) in [6, 6.07) is 12.4. The number of nitrogens with one attached hydrogen (secondary N) is 2. The van der Waals surface area contributed by atoms with Gasteiger partial charge in [0.25, 0.3) is 0 Å². The maximum absolute atomic E-state index is 6.01. The normalized spacial score (nSPS) is 20.8. The molecule has 0 spiro atoms. The third-order valence-electron chi connectivity index (χ3n) is 5.80. The van der Waals surface area contributed by atoms with Gasteiger partial charge in [0.15, 0.2) is 6.04 Å². The smallest absolute Gasteiger partial charge is 0.210 e. The van der Waals surface area contributed by atoms with E-state index in [-0.39, 0.29) is 6.04 Å². The van der Waals surface area contributed by atoms with Crippen molar-refractivity contribution >= 4 is 11.6 Å². The SMILES string of the molecule is CC(C)[C@H](c1nnnn1Cc1ccco1)[NH+]1CC[NH+](Cc2ccc(Cl)cc2)CC1. The van der Waals surface area contributed by atoms with Crippen LogP contribution in [0.5, 0.6) is 0 Å². The summed E-state index contributed by atoms with van der Waals surface area (Å²) in [6.07, 6.45) is 1.69.